The van der Waals surface area contributed by atoms with E-state index in [1.165, 1.54) is 0 Å². The van der Waals surface area contributed by atoms with Crippen LogP contribution in [0.5, 0.6) is 0 Å². The Bertz CT molecular complexity index is 511. The molecule has 0 spiro atoms. The van der Waals surface area contributed by atoms with E-state index in [-0.39, 0.29) is 0 Å². The lowest BCUT2D eigenvalue weighted by molar-refractivity contribution is 1.08. The Balaban J connectivity index is 2.82. The van der Waals surface area contributed by atoms with Crippen molar-refractivity contribution in [1.82, 2.24) is 4.98 Å². The zero-order valence-corrected chi connectivity index (χ0v) is 10.8. The fraction of sp³-hybridized carbons (Fsp3) is 0.182. The average Bonchev–Trinajstić information content (AvgIpc) is 2.19. The molecule has 0 saturated heterocycles. The first-order chi connectivity index (χ1) is 7.09. The molecule has 15 heavy (non-hydrogen) atoms. The molecule has 78 valence electrons. The van der Waals surface area contributed by atoms with Crippen LogP contribution in [0.4, 0.5) is 5.82 Å². The molecule has 0 unspecified atom stereocenters. The number of pyridine rings is 1. The first kappa shape index (κ1) is 10.7. The molecule has 0 amide bonds. The largest absolute Gasteiger partial charge is 0.362 e. The van der Waals surface area contributed by atoms with Crippen LogP contribution in [0.15, 0.2) is 28.9 Å². The summed E-state index contributed by atoms with van der Waals surface area (Å²) in [6, 6.07) is 5.81. The summed E-state index contributed by atoms with van der Waals surface area (Å²) >= 11 is 9.44. The molecule has 0 N–H and O–H groups in total. The van der Waals surface area contributed by atoms with Crippen LogP contribution < -0.4 is 4.90 Å². The summed E-state index contributed by atoms with van der Waals surface area (Å²) in [5.41, 5.74) is 0. The van der Waals surface area contributed by atoms with E-state index in [1.54, 1.807) is 6.20 Å². The third-order valence-corrected chi connectivity index (χ3v) is 3.07. The molecule has 2 aromatic rings. The van der Waals surface area contributed by atoms with Crippen molar-refractivity contribution in [3.05, 3.63) is 33.9 Å². The van der Waals surface area contributed by atoms with Crippen molar-refractivity contribution in [2.45, 2.75) is 0 Å². The van der Waals surface area contributed by atoms with Crippen molar-refractivity contribution in [2.24, 2.45) is 0 Å². The first-order valence-corrected chi connectivity index (χ1v) is 5.68. The van der Waals surface area contributed by atoms with E-state index >= 15 is 0 Å². The van der Waals surface area contributed by atoms with E-state index in [1.807, 2.05) is 37.2 Å². The molecule has 1 aromatic heterocycles. The minimum atomic E-state index is 0.735. The molecule has 0 aliphatic rings. The molecule has 0 aliphatic heterocycles. The third kappa shape index (κ3) is 1.94. The molecule has 0 radical (unpaired) electrons. The highest BCUT2D eigenvalue weighted by molar-refractivity contribution is 9.10. The molecular weight excluding hydrogens is 275 g/mol. The van der Waals surface area contributed by atoms with Gasteiger partial charge in [-0.05, 0) is 34.1 Å². The smallest absolute Gasteiger partial charge is 0.135 e. The number of hydrogen-bond donors (Lipinski definition) is 0. The fourth-order valence-corrected chi connectivity index (χ4v) is 2.12. The molecule has 2 rings (SSSR count). The lowest BCUT2D eigenvalue weighted by Crippen LogP contribution is -2.10. The zero-order chi connectivity index (χ0) is 11.0. The van der Waals surface area contributed by atoms with Crippen LogP contribution in [0, 0.1) is 0 Å². The van der Waals surface area contributed by atoms with Crippen molar-refractivity contribution in [3.63, 3.8) is 0 Å². The second-order valence-electron chi connectivity index (χ2n) is 3.51. The highest BCUT2D eigenvalue weighted by atomic mass is 79.9. The van der Waals surface area contributed by atoms with Gasteiger partial charge in [0.2, 0.25) is 0 Å². The van der Waals surface area contributed by atoms with Crippen LogP contribution in [-0.2, 0) is 0 Å². The maximum Gasteiger partial charge on any atom is 0.135 e. The summed E-state index contributed by atoms with van der Waals surface area (Å²) in [5, 5.41) is 2.92. The van der Waals surface area contributed by atoms with Crippen molar-refractivity contribution >= 4 is 44.1 Å². The van der Waals surface area contributed by atoms with Crippen LogP contribution >= 0.6 is 27.5 Å². The minimum Gasteiger partial charge on any atom is -0.362 e. The summed E-state index contributed by atoms with van der Waals surface area (Å²) in [7, 11) is 3.95. The van der Waals surface area contributed by atoms with Crippen LogP contribution in [0.3, 0.4) is 0 Å². The second-order valence-corrected chi connectivity index (χ2v) is 4.80. The van der Waals surface area contributed by atoms with E-state index < -0.39 is 0 Å². The van der Waals surface area contributed by atoms with Gasteiger partial charge in [-0.2, -0.15) is 0 Å². The lowest BCUT2D eigenvalue weighted by atomic mass is 10.1. The predicted molar refractivity (Wildman–Crippen MR) is 68.8 cm³/mol. The predicted octanol–water partition coefficient (Wildman–Crippen LogP) is 3.72. The van der Waals surface area contributed by atoms with Crippen LogP contribution in [-0.4, -0.2) is 19.1 Å². The SMILES string of the molecule is CN(C)c1ncc(Br)c2cc(Cl)ccc12. The molecule has 1 aromatic carbocycles. The standard InChI is InChI=1S/C11H10BrClN2/c1-15(2)11-8-4-3-7(13)5-9(8)10(12)6-14-11/h3-6H,1-2H3. The Morgan fingerprint density at radius 3 is 2.67 bits per heavy atom. The Morgan fingerprint density at radius 1 is 1.27 bits per heavy atom. The van der Waals surface area contributed by atoms with Gasteiger partial charge in [-0.15, -0.1) is 0 Å². The summed E-state index contributed by atoms with van der Waals surface area (Å²) in [4.78, 5) is 6.36. The molecule has 0 fully saturated rings. The number of benzene rings is 1. The van der Waals surface area contributed by atoms with Gasteiger partial charge in [-0.3, -0.25) is 0 Å². The van der Waals surface area contributed by atoms with Gasteiger partial charge < -0.3 is 4.90 Å². The summed E-state index contributed by atoms with van der Waals surface area (Å²) in [6.45, 7) is 0. The number of hydrogen-bond acceptors (Lipinski definition) is 2. The monoisotopic (exact) mass is 284 g/mol. The summed E-state index contributed by atoms with van der Waals surface area (Å²) in [5.74, 6) is 0.949. The first-order valence-electron chi connectivity index (χ1n) is 4.50. The maximum atomic E-state index is 5.97. The van der Waals surface area contributed by atoms with Gasteiger partial charge in [0, 0.05) is 40.6 Å². The number of aromatic nitrogens is 1. The fourth-order valence-electron chi connectivity index (χ4n) is 1.52. The van der Waals surface area contributed by atoms with Gasteiger partial charge in [0.1, 0.15) is 5.82 Å². The third-order valence-electron chi connectivity index (χ3n) is 2.20. The molecule has 0 saturated carbocycles. The molecule has 0 bridgehead atoms. The van der Waals surface area contributed by atoms with Gasteiger partial charge >= 0.3 is 0 Å². The number of nitrogens with zero attached hydrogens (tertiary/aromatic N) is 2. The molecule has 0 aliphatic carbocycles. The number of rotatable bonds is 1. The Kier molecular flexibility index (Phi) is 2.85. The van der Waals surface area contributed by atoms with E-state index in [9.17, 15) is 0 Å². The van der Waals surface area contributed by atoms with Crippen molar-refractivity contribution in [3.8, 4) is 0 Å². The molecule has 1 heterocycles. The highest BCUT2D eigenvalue weighted by Gasteiger charge is 2.07. The van der Waals surface area contributed by atoms with E-state index in [4.69, 9.17) is 11.6 Å². The topological polar surface area (TPSA) is 16.1 Å². The van der Waals surface area contributed by atoms with E-state index in [0.29, 0.717) is 0 Å². The van der Waals surface area contributed by atoms with Gasteiger partial charge in [-0.1, -0.05) is 11.6 Å². The molecule has 4 heteroatoms. The normalized spacial score (nSPS) is 10.7. The Morgan fingerprint density at radius 2 is 2.00 bits per heavy atom. The van der Waals surface area contributed by atoms with Crippen LogP contribution in [0.25, 0.3) is 10.8 Å². The maximum absolute atomic E-state index is 5.97. The van der Waals surface area contributed by atoms with Crippen LogP contribution in [0.2, 0.25) is 5.02 Å². The van der Waals surface area contributed by atoms with Gasteiger partial charge in [0.25, 0.3) is 0 Å². The van der Waals surface area contributed by atoms with Gasteiger partial charge in [-0.25, -0.2) is 4.98 Å². The van der Waals surface area contributed by atoms with Crippen molar-refractivity contribution in [2.75, 3.05) is 19.0 Å². The quantitative estimate of drug-likeness (QED) is 0.794. The zero-order valence-electron chi connectivity index (χ0n) is 8.46. The van der Waals surface area contributed by atoms with Crippen LogP contribution in [0.1, 0.15) is 0 Å². The van der Waals surface area contributed by atoms with E-state index in [0.717, 1.165) is 26.1 Å². The molecular formula is C11H10BrClN2. The average molecular weight is 286 g/mol. The summed E-state index contributed by atoms with van der Waals surface area (Å²) < 4.78 is 0.964. The Labute approximate surface area is 102 Å². The summed E-state index contributed by atoms with van der Waals surface area (Å²) in [6.07, 6.45) is 1.80. The van der Waals surface area contributed by atoms with Crippen molar-refractivity contribution in [1.29, 1.82) is 0 Å². The molecule has 0 atom stereocenters. The number of halogens is 2. The number of fused-ring (bicyclic) bond motifs is 1. The number of anilines is 1. The minimum absolute atomic E-state index is 0.735. The molecule has 2 nitrogen and oxygen atoms in total. The highest BCUT2D eigenvalue weighted by Crippen LogP contribution is 2.31. The van der Waals surface area contributed by atoms with Crippen molar-refractivity contribution < 1.29 is 0 Å². The van der Waals surface area contributed by atoms with Gasteiger partial charge in [0.05, 0.1) is 0 Å². The lowest BCUT2D eigenvalue weighted by Gasteiger charge is -2.14. The van der Waals surface area contributed by atoms with E-state index in [2.05, 4.69) is 20.9 Å². The second kappa shape index (κ2) is 3.99. The Hall–Kier alpha value is -0.800. The van der Waals surface area contributed by atoms with Gasteiger partial charge in [0.15, 0.2) is 0 Å².